The number of carboxylic acids is 2. The first-order valence-electron chi connectivity index (χ1n) is 4.71. The maximum absolute atomic E-state index is 11.1. The molecule has 1 fully saturated rings. The largest absolute Gasteiger partial charge is 0.480 e. The van der Waals surface area contributed by atoms with Gasteiger partial charge < -0.3 is 14.9 Å². The van der Waals surface area contributed by atoms with E-state index in [1.165, 1.54) is 24.3 Å². The summed E-state index contributed by atoms with van der Waals surface area (Å²) < 4.78 is 4.93. The third-order valence-electron chi connectivity index (χ3n) is 2.79. The zero-order valence-electron chi connectivity index (χ0n) is 8.34. The van der Waals surface area contributed by atoms with Crippen LogP contribution in [-0.2, 0) is 14.9 Å². The summed E-state index contributed by atoms with van der Waals surface area (Å²) in [5.41, 5.74) is -0.280. The standard InChI is InChI=1S/C11H10O5/c12-9(13)7-1-3-8(4-2-7)11(10(14)15)5-16-6-11/h1-4H,5-6H2,(H,12,13)(H,14,15). The van der Waals surface area contributed by atoms with Crippen molar-refractivity contribution < 1.29 is 24.5 Å². The fraction of sp³-hybridized carbons (Fsp3) is 0.273. The van der Waals surface area contributed by atoms with Gasteiger partial charge in [-0.15, -0.1) is 0 Å². The van der Waals surface area contributed by atoms with Crippen molar-refractivity contribution in [2.75, 3.05) is 13.2 Å². The van der Waals surface area contributed by atoms with Gasteiger partial charge in [-0.1, -0.05) is 12.1 Å². The molecule has 84 valence electrons. The molecule has 16 heavy (non-hydrogen) atoms. The fourth-order valence-corrected chi connectivity index (χ4v) is 1.65. The van der Waals surface area contributed by atoms with Crippen molar-refractivity contribution in [2.24, 2.45) is 0 Å². The van der Waals surface area contributed by atoms with Crippen molar-refractivity contribution in [1.29, 1.82) is 0 Å². The minimum absolute atomic E-state index is 0.134. The summed E-state index contributed by atoms with van der Waals surface area (Å²) in [4.78, 5) is 21.8. The Hall–Kier alpha value is -1.88. The summed E-state index contributed by atoms with van der Waals surface area (Å²) in [6, 6.07) is 5.86. The van der Waals surface area contributed by atoms with Gasteiger partial charge in [-0.2, -0.15) is 0 Å². The van der Waals surface area contributed by atoms with Crippen LogP contribution in [0, 0.1) is 0 Å². The quantitative estimate of drug-likeness (QED) is 0.787. The lowest BCUT2D eigenvalue weighted by Gasteiger charge is -2.37. The number of ether oxygens (including phenoxy) is 1. The van der Waals surface area contributed by atoms with Gasteiger partial charge in [0.25, 0.3) is 0 Å². The molecule has 5 nitrogen and oxygen atoms in total. The molecule has 2 N–H and O–H groups in total. The Morgan fingerprint density at radius 3 is 2.00 bits per heavy atom. The van der Waals surface area contributed by atoms with E-state index in [2.05, 4.69) is 0 Å². The summed E-state index contributed by atoms with van der Waals surface area (Å²) in [7, 11) is 0. The molecule has 1 aliphatic heterocycles. The van der Waals surface area contributed by atoms with E-state index in [9.17, 15) is 9.59 Å². The van der Waals surface area contributed by atoms with E-state index in [1.807, 2.05) is 0 Å². The van der Waals surface area contributed by atoms with Crippen LogP contribution < -0.4 is 0 Å². The smallest absolute Gasteiger partial charge is 0.335 e. The Balaban J connectivity index is 2.34. The molecule has 1 aromatic carbocycles. The molecule has 1 heterocycles. The molecule has 1 aromatic rings. The molecule has 0 spiro atoms. The van der Waals surface area contributed by atoms with E-state index in [0.29, 0.717) is 5.56 Å². The van der Waals surface area contributed by atoms with E-state index < -0.39 is 17.4 Å². The summed E-state index contributed by atoms with van der Waals surface area (Å²) in [6.45, 7) is 0.267. The first-order valence-corrected chi connectivity index (χ1v) is 4.71. The third kappa shape index (κ3) is 1.45. The zero-order chi connectivity index (χ0) is 11.8. The van der Waals surface area contributed by atoms with Crippen LogP contribution in [-0.4, -0.2) is 35.4 Å². The van der Waals surface area contributed by atoms with Gasteiger partial charge >= 0.3 is 11.9 Å². The Labute approximate surface area is 91.3 Å². The van der Waals surface area contributed by atoms with Gasteiger partial charge in [-0.3, -0.25) is 4.79 Å². The highest BCUT2D eigenvalue weighted by Crippen LogP contribution is 2.32. The summed E-state index contributed by atoms with van der Waals surface area (Å²) in [5, 5.41) is 17.8. The lowest BCUT2D eigenvalue weighted by Crippen LogP contribution is -2.53. The highest BCUT2D eigenvalue weighted by Gasteiger charge is 2.47. The molecule has 1 saturated heterocycles. The van der Waals surface area contributed by atoms with Gasteiger partial charge in [-0.05, 0) is 17.7 Å². The first kappa shape index (κ1) is 10.6. The molecule has 1 aliphatic rings. The van der Waals surface area contributed by atoms with Crippen LogP contribution in [0.1, 0.15) is 15.9 Å². The molecular formula is C11H10O5. The highest BCUT2D eigenvalue weighted by atomic mass is 16.5. The average Bonchev–Trinajstić information content (AvgIpc) is 2.16. The Bertz CT molecular complexity index is 430. The first-order chi connectivity index (χ1) is 7.56. The number of carbonyl (C=O) groups is 2. The number of hydrogen-bond acceptors (Lipinski definition) is 3. The molecule has 0 unspecified atom stereocenters. The van der Waals surface area contributed by atoms with Crippen molar-refractivity contribution in [2.45, 2.75) is 5.41 Å². The number of carboxylic acid groups (broad SMARTS) is 2. The van der Waals surface area contributed by atoms with Gasteiger partial charge in [0.2, 0.25) is 0 Å². The van der Waals surface area contributed by atoms with E-state index in [4.69, 9.17) is 14.9 Å². The van der Waals surface area contributed by atoms with Gasteiger partial charge in [-0.25, -0.2) is 4.79 Å². The summed E-state index contributed by atoms with van der Waals surface area (Å²) in [6.07, 6.45) is 0. The van der Waals surface area contributed by atoms with Crippen molar-refractivity contribution in [3.05, 3.63) is 35.4 Å². The molecule has 0 aromatic heterocycles. The minimum atomic E-state index is -1.03. The number of hydrogen-bond donors (Lipinski definition) is 2. The average molecular weight is 222 g/mol. The zero-order valence-corrected chi connectivity index (χ0v) is 8.34. The van der Waals surface area contributed by atoms with Gasteiger partial charge in [0.15, 0.2) is 0 Å². The van der Waals surface area contributed by atoms with Crippen LogP contribution >= 0.6 is 0 Å². The molecule has 2 rings (SSSR count). The fourth-order valence-electron chi connectivity index (χ4n) is 1.65. The molecule has 0 aliphatic carbocycles. The van der Waals surface area contributed by atoms with E-state index in [0.717, 1.165) is 0 Å². The van der Waals surface area contributed by atoms with Crippen molar-refractivity contribution in [3.8, 4) is 0 Å². The molecule has 0 bridgehead atoms. The van der Waals surface area contributed by atoms with E-state index in [-0.39, 0.29) is 18.8 Å². The Kier molecular flexibility index (Phi) is 2.40. The van der Waals surface area contributed by atoms with Gasteiger partial charge in [0.05, 0.1) is 18.8 Å². The minimum Gasteiger partial charge on any atom is -0.480 e. The van der Waals surface area contributed by atoms with Crippen molar-refractivity contribution in [1.82, 2.24) is 0 Å². The lowest BCUT2D eigenvalue weighted by atomic mass is 9.78. The maximum Gasteiger partial charge on any atom is 0.335 e. The molecule has 0 atom stereocenters. The number of rotatable bonds is 3. The van der Waals surface area contributed by atoms with Gasteiger partial charge in [0.1, 0.15) is 5.41 Å². The Morgan fingerprint density at radius 2 is 1.69 bits per heavy atom. The predicted octanol–water partition coefficient (Wildman–Crippen LogP) is 0.737. The second-order valence-electron chi connectivity index (χ2n) is 3.76. The number of benzene rings is 1. The van der Waals surface area contributed by atoms with E-state index in [1.54, 1.807) is 0 Å². The van der Waals surface area contributed by atoms with Crippen LogP contribution in [0.25, 0.3) is 0 Å². The van der Waals surface area contributed by atoms with Crippen molar-refractivity contribution >= 4 is 11.9 Å². The summed E-state index contributed by atoms with van der Waals surface area (Å²) in [5.74, 6) is -1.97. The monoisotopic (exact) mass is 222 g/mol. The van der Waals surface area contributed by atoms with E-state index >= 15 is 0 Å². The summed E-state index contributed by atoms with van der Waals surface area (Å²) >= 11 is 0. The van der Waals surface area contributed by atoms with Crippen LogP contribution in [0.4, 0.5) is 0 Å². The van der Waals surface area contributed by atoms with Crippen LogP contribution in [0.2, 0.25) is 0 Å². The Morgan fingerprint density at radius 1 is 1.12 bits per heavy atom. The second-order valence-corrected chi connectivity index (χ2v) is 3.76. The van der Waals surface area contributed by atoms with Crippen molar-refractivity contribution in [3.63, 3.8) is 0 Å². The molecule has 0 saturated carbocycles. The topological polar surface area (TPSA) is 83.8 Å². The normalized spacial score (nSPS) is 17.5. The lowest BCUT2D eigenvalue weighted by molar-refractivity contribution is -0.163. The molecule has 5 heteroatoms. The SMILES string of the molecule is O=C(O)c1ccc(C2(C(=O)O)COC2)cc1. The number of aromatic carboxylic acids is 1. The molecule has 0 amide bonds. The predicted molar refractivity (Wildman–Crippen MR) is 53.5 cm³/mol. The van der Waals surface area contributed by atoms with Crippen LogP contribution in [0.15, 0.2) is 24.3 Å². The second kappa shape index (κ2) is 3.61. The van der Waals surface area contributed by atoms with Crippen LogP contribution in [0.3, 0.4) is 0 Å². The maximum atomic E-state index is 11.1. The molecule has 0 radical (unpaired) electrons. The molecular weight excluding hydrogens is 212 g/mol. The highest BCUT2D eigenvalue weighted by molar-refractivity contribution is 5.88. The van der Waals surface area contributed by atoms with Crippen LogP contribution in [0.5, 0.6) is 0 Å². The number of aliphatic carboxylic acids is 1. The van der Waals surface area contributed by atoms with Gasteiger partial charge in [0, 0.05) is 0 Å². The third-order valence-corrected chi connectivity index (χ3v) is 2.79.